The molecule has 4 nitrogen and oxygen atoms in total. The van der Waals surface area contributed by atoms with Crippen molar-refractivity contribution < 1.29 is 9.53 Å². The van der Waals surface area contributed by atoms with Crippen LogP contribution in [0.4, 0.5) is 11.4 Å². The van der Waals surface area contributed by atoms with Gasteiger partial charge in [0.25, 0.3) is 5.91 Å². The van der Waals surface area contributed by atoms with E-state index in [1.54, 1.807) is 12.1 Å². The fourth-order valence-electron chi connectivity index (χ4n) is 1.87. The van der Waals surface area contributed by atoms with Gasteiger partial charge >= 0.3 is 0 Å². The summed E-state index contributed by atoms with van der Waals surface area (Å²) >= 11 is 0. The summed E-state index contributed by atoms with van der Waals surface area (Å²) in [5.41, 5.74) is 8.65. The van der Waals surface area contributed by atoms with Gasteiger partial charge in [0, 0.05) is 23.0 Å². The summed E-state index contributed by atoms with van der Waals surface area (Å²) in [6.45, 7) is 4.62. The third-order valence-corrected chi connectivity index (χ3v) is 3.11. The molecule has 0 aliphatic rings. The third kappa shape index (κ3) is 3.99. The maximum atomic E-state index is 12.2. The Hall–Kier alpha value is -2.49. The Bertz CT molecular complexity index is 638. The standard InChI is InChI=1S/C17H20N2O2/c1-3-9-21-15-6-4-5-14(11-15)19-17(20)13-8-7-12(2)16(18)10-13/h4-8,10-11H,3,9,18H2,1-2H3,(H,19,20). The van der Waals surface area contributed by atoms with Crippen LogP contribution in [0.2, 0.25) is 0 Å². The average Bonchev–Trinajstić information content (AvgIpc) is 2.48. The van der Waals surface area contributed by atoms with Gasteiger partial charge in [0.2, 0.25) is 0 Å². The minimum absolute atomic E-state index is 0.186. The first-order chi connectivity index (χ1) is 10.1. The highest BCUT2D eigenvalue weighted by Crippen LogP contribution is 2.19. The van der Waals surface area contributed by atoms with Crippen LogP contribution in [0.25, 0.3) is 0 Å². The zero-order valence-electron chi connectivity index (χ0n) is 12.3. The molecule has 0 bridgehead atoms. The van der Waals surface area contributed by atoms with E-state index in [2.05, 4.69) is 5.32 Å². The van der Waals surface area contributed by atoms with Crippen LogP contribution in [-0.2, 0) is 0 Å². The van der Waals surface area contributed by atoms with E-state index in [9.17, 15) is 4.79 Å². The molecule has 0 saturated carbocycles. The third-order valence-electron chi connectivity index (χ3n) is 3.11. The van der Waals surface area contributed by atoms with Crippen LogP contribution in [0.5, 0.6) is 5.75 Å². The number of aryl methyl sites for hydroxylation is 1. The van der Waals surface area contributed by atoms with E-state index in [0.29, 0.717) is 23.5 Å². The van der Waals surface area contributed by atoms with Crippen molar-refractivity contribution in [1.82, 2.24) is 0 Å². The van der Waals surface area contributed by atoms with Crippen LogP contribution in [0.15, 0.2) is 42.5 Å². The molecule has 2 aromatic carbocycles. The largest absolute Gasteiger partial charge is 0.494 e. The van der Waals surface area contributed by atoms with E-state index in [4.69, 9.17) is 10.5 Å². The molecule has 21 heavy (non-hydrogen) atoms. The molecule has 0 heterocycles. The van der Waals surface area contributed by atoms with Crippen LogP contribution < -0.4 is 15.8 Å². The van der Waals surface area contributed by atoms with Crippen molar-refractivity contribution in [2.45, 2.75) is 20.3 Å². The number of carbonyl (C=O) groups is 1. The Morgan fingerprint density at radius 1 is 1.24 bits per heavy atom. The second kappa shape index (κ2) is 6.79. The van der Waals surface area contributed by atoms with Gasteiger partial charge in [-0.2, -0.15) is 0 Å². The summed E-state index contributed by atoms with van der Waals surface area (Å²) in [6, 6.07) is 12.6. The second-order valence-corrected chi connectivity index (χ2v) is 4.90. The number of ether oxygens (including phenoxy) is 1. The SMILES string of the molecule is CCCOc1cccc(NC(=O)c2ccc(C)c(N)c2)c1. The van der Waals surface area contributed by atoms with Gasteiger partial charge in [-0.25, -0.2) is 0 Å². The van der Waals surface area contributed by atoms with E-state index in [1.807, 2.05) is 44.2 Å². The molecule has 3 N–H and O–H groups in total. The lowest BCUT2D eigenvalue weighted by Crippen LogP contribution is -2.12. The van der Waals surface area contributed by atoms with E-state index in [1.165, 1.54) is 0 Å². The van der Waals surface area contributed by atoms with Crippen LogP contribution >= 0.6 is 0 Å². The van der Waals surface area contributed by atoms with Crippen molar-refractivity contribution in [3.63, 3.8) is 0 Å². The fourth-order valence-corrected chi connectivity index (χ4v) is 1.87. The lowest BCUT2D eigenvalue weighted by molar-refractivity contribution is 0.102. The number of nitrogens with one attached hydrogen (secondary N) is 1. The number of benzene rings is 2. The van der Waals surface area contributed by atoms with Crippen LogP contribution in [0.1, 0.15) is 29.3 Å². The first-order valence-electron chi connectivity index (χ1n) is 7.00. The Kier molecular flexibility index (Phi) is 4.82. The van der Waals surface area contributed by atoms with Crippen LogP contribution in [0, 0.1) is 6.92 Å². The summed E-state index contributed by atoms with van der Waals surface area (Å²) in [5.74, 6) is 0.562. The number of carbonyl (C=O) groups excluding carboxylic acids is 1. The Balaban J connectivity index is 2.10. The molecule has 0 aliphatic carbocycles. The van der Waals surface area contributed by atoms with E-state index in [0.717, 1.165) is 17.7 Å². The fraction of sp³-hybridized carbons (Fsp3) is 0.235. The lowest BCUT2D eigenvalue weighted by atomic mass is 10.1. The maximum Gasteiger partial charge on any atom is 0.255 e. The summed E-state index contributed by atoms with van der Waals surface area (Å²) < 4.78 is 5.55. The highest BCUT2D eigenvalue weighted by atomic mass is 16.5. The quantitative estimate of drug-likeness (QED) is 0.824. The van der Waals surface area contributed by atoms with Gasteiger partial charge in [0.05, 0.1) is 6.61 Å². The van der Waals surface area contributed by atoms with E-state index >= 15 is 0 Å². The Labute approximate surface area is 124 Å². The summed E-state index contributed by atoms with van der Waals surface area (Å²) in [5, 5.41) is 2.85. The molecule has 0 atom stereocenters. The minimum atomic E-state index is -0.186. The van der Waals surface area contributed by atoms with Crippen molar-refractivity contribution in [2.75, 3.05) is 17.7 Å². The number of anilines is 2. The normalized spacial score (nSPS) is 10.2. The molecular weight excluding hydrogens is 264 g/mol. The number of amides is 1. The summed E-state index contributed by atoms with van der Waals surface area (Å²) in [4.78, 5) is 12.2. The van der Waals surface area contributed by atoms with Crippen molar-refractivity contribution in [1.29, 1.82) is 0 Å². The van der Waals surface area contributed by atoms with Crippen molar-refractivity contribution in [2.24, 2.45) is 0 Å². The van der Waals surface area contributed by atoms with Crippen molar-refractivity contribution >= 4 is 17.3 Å². The van der Waals surface area contributed by atoms with Gasteiger partial charge in [-0.3, -0.25) is 4.79 Å². The Morgan fingerprint density at radius 2 is 2.05 bits per heavy atom. The molecule has 0 aromatic heterocycles. The van der Waals surface area contributed by atoms with Gasteiger partial charge in [0.15, 0.2) is 0 Å². The summed E-state index contributed by atoms with van der Waals surface area (Å²) in [7, 11) is 0. The molecule has 110 valence electrons. The molecule has 1 amide bonds. The molecule has 0 aliphatic heterocycles. The van der Waals surface area contributed by atoms with Gasteiger partial charge in [-0.05, 0) is 43.2 Å². The topological polar surface area (TPSA) is 64.3 Å². The average molecular weight is 284 g/mol. The molecule has 2 rings (SSSR count). The maximum absolute atomic E-state index is 12.2. The highest BCUT2D eigenvalue weighted by Gasteiger charge is 2.08. The first kappa shape index (κ1) is 14.9. The molecule has 0 spiro atoms. The number of hydrogen-bond donors (Lipinski definition) is 2. The molecule has 0 radical (unpaired) electrons. The minimum Gasteiger partial charge on any atom is -0.494 e. The number of nitrogens with two attached hydrogens (primary N) is 1. The number of hydrogen-bond acceptors (Lipinski definition) is 3. The summed E-state index contributed by atoms with van der Waals surface area (Å²) in [6.07, 6.45) is 0.944. The van der Waals surface area contributed by atoms with Crippen LogP contribution in [-0.4, -0.2) is 12.5 Å². The van der Waals surface area contributed by atoms with Crippen LogP contribution in [0.3, 0.4) is 0 Å². The monoisotopic (exact) mass is 284 g/mol. The zero-order chi connectivity index (χ0) is 15.2. The van der Waals surface area contributed by atoms with Crippen molar-refractivity contribution in [3.8, 4) is 5.75 Å². The molecule has 0 fully saturated rings. The molecule has 0 saturated heterocycles. The van der Waals surface area contributed by atoms with Gasteiger partial charge in [-0.15, -0.1) is 0 Å². The van der Waals surface area contributed by atoms with E-state index < -0.39 is 0 Å². The number of rotatable bonds is 5. The van der Waals surface area contributed by atoms with E-state index in [-0.39, 0.29) is 5.91 Å². The molecule has 0 unspecified atom stereocenters. The predicted molar refractivity (Wildman–Crippen MR) is 85.8 cm³/mol. The lowest BCUT2D eigenvalue weighted by Gasteiger charge is -2.09. The molecule has 2 aromatic rings. The zero-order valence-corrected chi connectivity index (χ0v) is 12.3. The number of nitrogen functional groups attached to an aromatic ring is 1. The highest BCUT2D eigenvalue weighted by molar-refractivity contribution is 6.04. The van der Waals surface area contributed by atoms with Gasteiger partial charge < -0.3 is 15.8 Å². The molecule has 4 heteroatoms. The Morgan fingerprint density at radius 3 is 2.76 bits per heavy atom. The second-order valence-electron chi connectivity index (χ2n) is 4.90. The predicted octanol–water partition coefficient (Wildman–Crippen LogP) is 3.62. The molecular formula is C17H20N2O2. The first-order valence-corrected chi connectivity index (χ1v) is 7.00. The van der Waals surface area contributed by atoms with Crippen molar-refractivity contribution in [3.05, 3.63) is 53.6 Å². The smallest absolute Gasteiger partial charge is 0.255 e. The van der Waals surface area contributed by atoms with Gasteiger partial charge in [0.1, 0.15) is 5.75 Å². The van der Waals surface area contributed by atoms with Gasteiger partial charge in [-0.1, -0.05) is 19.1 Å².